The normalized spacial score (nSPS) is 11.5. The summed E-state index contributed by atoms with van der Waals surface area (Å²) in [6, 6.07) is 9.64. The largest absolute Gasteiger partial charge is 0.508 e. The fourth-order valence-corrected chi connectivity index (χ4v) is 4.02. The van der Waals surface area contributed by atoms with Crippen LogP contribution in [0.25, 0.3) is 11.0 Å². The number of nitrogens with one attached hydrogen (secondary N) is 1. The number of carbonyl (C=O) groups is 1. The van der Waals surface area contributed by atoms with Gasteiger partial charge in [0.1, 0.15) is 17.9 Å². The molecular formula is C21H21NO7S. The molecule has 0 bridgehead atoms. The molecule has 3 rings (SSSR count). The van der Waals surface area contributed by atoms with E-state index in [1.54, 1.807) is 13.0 Å². The van der Waals surface area contributed by atoms with Crippen molar-refractivity contribution in [1.82, 2.24) is 4.72 Å². The van der Waals surface area contributed by atoms with E-state index in [4.69, 9.17) is 9.15 Å². The first-order valence-corrected chi connectivity index (χ1v) is 10.8. The van der Waals surface area contributed by atoms with Gasteiger partial charge in [-0.25, -0.2) is 22.7 Å². The highest BCUT2D eigenvalue weighted by Gasteiger charge is 2.16. The zero-order chi connectivity index (χ0) is 21.9. The fourth-order valence-electron chi connectivity index (χ4n) is 2.98. The Morgan fingerprint density at radius 2 is 1.80 bits per heavy atom. The van der Waals surface area contributed by atoms with Crippen LogP contribution in [-0.2, 0) is 27.8 Å². The Kier molecular flexibility index (Phi) is 6.23. The molecule has 1 heterocycles. The Balaban J connectivity index is 1.82. The van der Waals surface area contributed by atoms with Gasteiger partial charge in [0, 0.05) is 29.6 Å². The molecule has 0 unspecified atom stereocenters. The number of aromatic hydroxyl groups is 1. The molecule has 9 heteroatoms. The van der Waals surface area contributed by atoms with Crippen LogP contribution >= 0.6 is 0 Å². The second kappa shape index (κ2) is 8.68. The van der Waals surface area contributed by atoms with Gasteiger partial charge in [-0.3, -0.25) is 0 Å². The summed E-state index contributed by atoms with van der Waals surface area (Å²) in [4.78, 5) is 24.2. The summed E-state index contributed by atoms with van der Waals surface area (Å²) in [7, 11) is -3.62. The SMILES string of the molecule is CCNS(=O)(=O)c1ccc(C(=O)OCc2cc(=O)oc3cc(O)c(CC)cc23)cc1. The second-order valence-corrected chi connectivity index (χ2v) is 8.29. The number of ether oxygens (including phenoxy) is 1. The standard InChI is InChI=1S/C21H21NO7S/c1-3-13-9-17-15(10-20(24)29-19(17)11-18(13)23)12-28-21(25)14-5-7-16(8-6-14)30(26,27)22-4-2/h5-11,22-23H,3-4,12H2,1-2H3. The average Bonchev–Trinajstić information content (AvgIpc) is 2.71. The number of phenols is 1. The Morgan fingerprint density at radius 1 is 1.10 bits per heavy atom. The van der Waals surface area contributed by atoms with Gasteiger partial charge in [0.25, 0.3) is 0 Å². The molecule has 0 fully saturated rings. The quantitative estimate of drug-likeness (QED) is 0.435. The summed E-state index contributed by atoms with van der Waals surface area (Å²) in [6.07, 6.45) is 0.572. The topological polar surface area (TPSA) is 123 Å². The first kappa shape index (κ1) is 21.5. The zero-order valence-electron chi connectivity index (χ0n) is 16.5. The van der Waals surface area contributed by atoms with Crippen molar-refractivity contribution in [2.24, 2.45) is 0 Å². The Labute approximate surface area is 173 Å². The van der Waals surface area contributed by atoms with Crippen molar-refractivity contribution in [2.75, 3.05) is 6.54 Å². The minimum atomic E-state index is -3.62. The van der Waals surface area contributed by atoms with Crippen LogP contribution in [0.3, 0.4) is 0 Å². The number of aryl methyl sites for hydroxylation is 1. The smallest absolute Gasteiger partial charge is 0.338 e. The van der Waals surface area contributed by atoms with E-state index in [9.17, 15) is 23.1 Å². The van der Waals surface area contributed by atoms with Crippen molar-refractivity contribution in [3.05, 3.63) is 69.6 Å². The molecule has 0 aliphatic carbocycles. The molecule has 0 aliphatic heterocycles. The van der Waals surface area contributed by atoms with Crippen LogP contribution in [0.4, 0.5) is 0 Å². The van der Waals surface area contributed by atoms with Gasteiger partial charge in [0.15, 0.2) is 0 Å². The zero-order valence-corrected chi connectivity index (χ0v) is 17.3. The van der Waals surface area contributed by atoms with E-state index in [0.717, 1.165) is 0 Å². The van der Waals surface area contributed by atoms with E-state index in [1.165, 1.54) is 36.4 Å². The highest BCUT2D eigenvalue weighted by Crippen LogP contribution is 2.27. The summed E-state index contributed by atoms with van der Waals surface area (Å²) in [6.45, 7) is 3.61. The van der Waals surface area contributed by atoms with Crippen LogP contribution in [0.5, 0.6) is 5.75 Å². The highest BCUT2D eigenvalue weighted by atomic mass is 32.2. The minimum absolute atomic E-state index is 0.0231. The number of fused-ring (bicyclic) bond motifs is 1. The van der Waals surface area contributed by atoms with Crippen LogP contribution in [-0.4, -0.2) is 26.0 Å². The molecule has 0 atom stereocenters. The number of sulfonamides is 1. The predicted octanol–water partition coefficient (Wildman–Crippen LogP) is 2.72. The Morgan fingerprint density at radius 3 is 2.43 bits per heavy atom. The van der Waals surface area contributed by atoms with Crippen LogP contribution in [0.1, 0.15) is 35.3 Å². The Hall–Kier alpha value is -3.17. The summed E-state index contributed by atoms with van der Waals surface area (Å²) in [5, 5.41) is 10.5. The lowest BCUT2D eigenvalue weighted by Gasteiger charge is -2.10. The number of carbonyl (C=O) groups excluding carboxylic acids is 1. The molecule has 3 aromatic rings. The van der Waals surface area contributed by atoms with Crippen molar-refractivity contribution in [3.8, 4) is 5.75 Å². The van der Waals surface area contributed by atoms with Crippen molar-refractivity contribution in [2.45, 2.75) is 31.8 Å². The summed E-state index contributed by atoms with van der Waals surface area (Å²) in [5.41, 5.74) is 0.845. The molecule has 2 N–H and O–H groups in total. The number of hydrogen-bond donors (Lipinski definition) is 2. The van der Waals surface area contributed by atoms with E-state index < -0.39 is 21.6 Å². The molecule has 0 saturated carbocycles. The third-order valence-electron chi connectivity index (χ3n) is 4.50. The van der Waals surface area contributed by atoms with Gasteiger partial charge in [-0.05, 0) is 42.3 Å². The average molecular weight is 431 g/mol. The van der Waals surface area contributed by atoms with Gasteiger partial charge < -0.3 is 14.3 Å². The maximum atomic E-state index is 12.4. The third kappa shape index (κ3) is 4.52. The van der Waals surface area contributed by atoms with E-state index in [2.05, 4.69) is 4.72 Å². The summed E-state index contributed by atoms with van der Waals surface area (Å²) < 4.78 is 36.7. The fraction of sp³-hybridized carbons (Fsp3) is 0.238. The van der Waals surface area contributed by atoms with Gasteiger partial charge in [-0.15, -0.1) is 0 Å². The molecule has 30 heavy (non-hydrogen) atoms. The number of rotatable bonds is 7. The second-order valence-electron chi connectivity index (χ2n) is 6.52. The predicted molar refractivity (Wildman–Crippen MR) is 110 cm³/mol. The van der Waals surface area contributed by atoms with Gasteiger partial charge >= 0.3 is 11.6 Å². The number of hydrogen-bond acceptors (Lipinski definition) is 7. The van der Waals surface area contributed by atoms with Crippen molar-refractivity contribution >= 4 is 27.0 Å². The van der Waals surface area contributed by atoms with Crippen molar-refractivity contribution in [3.63, 3.8) is 0 Å². The van der Waals surface area contributed by atoms with E-state index in [-0.39, 0.29) is 34.9 Å². The van der Waals surface area contributed by atoms with Gasteiger partial charge in [-0.1, -0.05) is 13.8 Å². The van der Waals surface area contributed by atoms with Crippen LogP contribution < -0.4 is 10.3 Å². The maximum absolute atomic E-state index is 12.4. The van der Waals surface area contributed by atoms with E-state index >= 15 is 0 Å². The number of phenolic OH excluding ortho intramolecular Hbond substituents is 1. The molecule has 1 aromatic heterocycles. The first-order valence-electron chi connectivity index (χ1n) is 9.30. The molecular weight excluding hydrogens is 410 g/mol. The maximum Gasteiger partial charge on any atom is 0.338 e. The molecule has 0 amide bonds. The third-order valence-corrected chi connectivity index (χ3v) is 6.07. The van der Waals surface area contributed by atoms with Crippen LogP contribution in [0.2, 0.25) is 0 Å². The number of esters is 1. The summed E-state index contributed by atoms with van der Waals surface area (Å²) >= 11 is 0. The van der Waals surface area contributed by atoms with Gasteiger partial charge in [0.2, 0.25) is 10.0 Å². The lowest BCUT2D eigenvalue weighted by Crippen LogP contribution is -2.23. The molecule has 8 nitrogen and oxygen atoms in total. The Bertz CT molecular complexity index is 1240. The summed E-state index contributed by atoms with van der Waals surface area (Å²) in [5.74, 6) is -0.645. The molecule has 0 saturated heterocycles. The highest BCUT2D eigenvalue weighted by molar-refractivity contribution is 7.89. The monoisotopic (exact) mass is 431 g/mol. The van der Waals surface area contributed by atoms with Gasteiger partial charge in [0.05, 0.1) is 10.5 Å². The van der Waals surface area contributed by atoms with Gasteiger partial charge in [-0.2, -0.15) is 0 Å². The minimum Gasteiger partial charge on any atom is -0.508 e. The van der Waals surface area contributed by atoms with E-state index in [1.807, 2.05) is 6.92 Å². The molecule has 158 valence electrons. The number of benzene rings is 2. The van der Waals surface area contributed by atoms with E-state index in [0.29, 0.717) is 22.9 Å². The first-order chi connectivity index (χ1) is 14.2. The van der Waals surface area contributed by atoms with Crippen LogP contribution in [0.15, 0.2) is 56.6 Å². The molecule has 0 spiro atoms. The van der Waals surface area contributed by atoms with Crippen molar-refractivity contribution in [1.29, 1.82) is 0 Å². The lowest BCUT2D eigenvalue weighted by atomic mass is 10.0. The lowest BCUT2D eigenvalue weighted by molar-refractivity contribution is 0.0473. The molecule has 2 aromatic carbocycles. The molecule has 0 aliphatic rings. The van der Waals surface area contributed by atoms with Crippen LogP contribution in [0, 0.1) is 0 Å². The molecule has 0 radical (unpaired) electrons. The van der Waals surface area contributed by atoms with Crippen molar-refractivity contribution < 1.29 is 27.5 Å².